The van der Waals surface area contributed by atoms with Crippen molar-refractivity contribution in [3.05, 3.63) is 0 Å². The van der Waals surface area contributed by atoms with E-state index in [2.05, 4.69) is 5.73 Å². The fraction of sp³-hybridized carbons (Fsp3) is 0.889. The normalized spacial score (nSPS) is 15.5. The number of aliphatic hydroxyl groups excluding tert-OH is 1. The van der Waals surface area contributed by atoms with Crippen LogP contribution < -0.4 is 5.73 Å². The van der Waals surface area contributed by atoms with Gasteiger partial charge in [0.25, 0.3) is 0 Å². The van der Waals surface area contributed by atoms with Crippen molar-refractivity contribution in [2.45, 2.75) is 39.3 Å². The predicted octanol–water partition coefficient (Wildman–Crippen LogP) is -0.433. The minimum Gasteiger partial charge on any atom is -0.459 e. The molecule has 0 aromatic rings. The van der Waals surface area contributed by atoms with E-state index in [1.165, 1.54) is 0 Å². The van der Waals surface area contributed by atoms with E-state index in [0.717, 1.165) is 0 Å². The summed E-state index contributed by atoms with van der Waals surface area (Å²) in [7, 11) is 0. The monoisotopic (exact) mass is 190 g/mol. The molecule has 78 valence electrons. The van der Waals surface area contributed by atoms with E-state index in [4.69, 9.17) is 9.84 Å². The molecule has 0 aromatic carbocycles. The van der Waals surface area contributed by atoms with E-state index in [9.17, 15) is 4.79 Å². The highest BCUT2D eigenvalue weighted by Gasteiger charge is 2.23. The third-order valence-corrected chi connectivity index (χ3v) is 2.00. The average Bonchev–Trinajstić information content (AvgIpc) is 2.11. The van der Waals surface area contributed by atoms with Crippen molar-refractivity contribution in [3.8, 4) is 0 Å². The second-order valence-corrected chi connectivity index (χ2v) is 3.54. The largest absolute Gasteiger partial charge is 0.459 e. The summed E-state index contributed by atoms with van der Waals surface area (Å²) >= 11 is 0. The van der Waals surface area contributed by atoms with Gasteiger partial charge in [0.05, 0.1) is 6.10 Å². The minimum absolute atomic E-state index is 0.0775. The SMILES string of the molecule is CC[C@@H](O)COC(=O)[C@H]([NH3+])C(C)C. The van der Waals surface area contributed by atoms with Crippen molar-refractivity contribution in [3.63, 3.8) is 0 Å². The Morgan fingerprint density at radius 1 is 1.54 bits per heavy atom. The van der Waals surface area contributed by atoms with E-state index in [1.54, 1.807) is 0 Å². The van der Waals surface area contributed by atoms with E-state index in [0.29, 0.717) is 6.42 Å². The highest BCUT2D eigenvalue weighted by molar-refractivity contribution is 5.74. The maximum absolute atomic E-state index is 11.2. The number of hydrogen-bond donors (Lipinski definition) is 2. The molecule has 0 aliphatic rings. The zero-order valence-electron chi connectivity index (χ0n) is 8.62. The first-order chi connectivity index (χ1) is 5.99. The molecule has 4 nitrogen and oxygen atoms in total. The lowest BCUT2D eigenvalue weighted by molar-refractivity contribution is -0.418. The second-order valence-electron chi connectivity index (χ2n) is 3.54. The minimum atomic E-state index is -0.552. The zero-order chi connectivity index (χ0) is 10.4. The number of carbonyl (C=O) groups is 1. The van der Waals surface area contributed by atoms with Crippen LogP contribution in [0, 0.1) is 5.92 Å². The first-order valence-corrected chi connectivity index (χ1v) is 4.66. The summed E-state index contributed by atoms with van der Waals surface area (Å²) in [5, 5.41) is 9.13. The Morgan fingerprint density at radius 2 is 2.08 bits per heavy atom. The van der Waals surface area contributed by atoms with Crippen molar-refractivity contribution < 1.29 is 20.4 Å². The Labute approximate surface area is 79.1 Å². The molecule has 0 aliphatic heterocycles. The molecule has 0 rings (SSSR count). The van der Waals surface area contributed by atoms with Crippen LogP contribution in [0.15, 0.2) is 0 Å². The van der Waals surface area contributed by atoms with E-state index in [-0.39, 0.29) is 24.5 Å². The molecule has 2 atom stereocenters. The van der Waals surface area contributed by atoms with Crippen LogP contribution in [0.4, 0.5) is 0 Å². The van der Waals surface area contributed by atoms with Gasteiger partial charge in [-0.05, 0) is 6.42 Å². The summed E-state index contributed by atoms with van der Waals surface area (Å²) < 4.78 is 4.87. The first kappa shape index (κ1) is 12.4. The lowest BCUT2D eigenvalue weighted by Gasteiger charge is -2.13. The van der Waals surface area contributed by atoms with Gasteiger partial charge in [-0.2, -0.15) is 0 Å². The van der Waals surface area contributed by atoms with Crippen LogP contribution in [0.3, 0.4) is 0 Å². The number of esters is 1. The molecule has 0 fully saturated rings. The van der Waals surface area contributed by atoms with Gasteiger partial charge in [-0.25, -0.2) is 4.79 Å². The van der Waals surface area contributed by atoms with Crippen molar-refractivity contribution in [2.75, 3.05) is 6.61 Å². The summed E-state index contributed by atoms with van der Waals surface area (Å²) in [6.45, 7) is 5.74. The van der Waals surface area contributed by atoms with Gasteiger partial charge < -0.3 is 15.6 Å². The molecule has 13 heavy (non-hydrogen) atoms. The van der Waals surface area contributed by atoms with Gasteiger partial charge in [-0.3, -0.25) is 0 Å². The van der Waals surface area contributed by atoms with Crippen LogP contribution in [0.2, 0.25) is 0 Å². The standard InChI is InChI=1S/C9H19NO3/c1-4-7(11)5-13-9(12)8(10)6(2)3/h6-8,11H,4-5,10H2,1-3H3/p+1/t7-,8-/m1/s1. The maximum atomic E-state index is 11.2. The van der Waals surface area contributed by atoms with Crippen LogP contribution in [-0.2, 0) is 9.53 Å². The Kier molecular flexibility index (Phi) is 5.66. The van der Waals surface area contributed by atoms with Gasteiger partial charge in [-0.15, -0.1) is 0 Å². The highest BCUT2D eigenvalue weighted by atomic mass is 16.5. The van der Waals surface area contributed by atoms with Crippen molar-refractivity contribution in [1.82, 2.24) is 0 Å². The predicted molar refractivity (Wildman–Crippen MR) is 48.8 cm³/mol. The molecule has 0 saturated heterocycles. The Morgan fingerprint density at radius 3 is 2.46 bits per heavy atom. The van der Waals surface area contributed by atoms with Crippen LogP contribution in [-0.4, -0.2) is 29.8 Å². The third kappa shape index (κ3) is 4.85. The van der Waals surface area contributed by atoms with Gasteiger partial charge in [0, 0.05) is 5.92 Å². The second kappa shape index (κ2) is 5.94. The van der Waals surface area contributed by atoms with Gasteiger partial charge in [0.15, 0.2) is 6.04 Å². The Balaban J connectivity index is 3.74. The Bertz CT molecular complexity index is 159. The molecular weight excluding hydrogens is 170 g/mol. The molecule has 4 N–H and O–H groups in total. The zero-order valence-corrected chi connectivity index (χ0v) is 8.62. The molecule has 4 heteroatoms. The number of hydrogen-bond acceptors (Lipinski definition) is 3. The lowest BCUT2D eigenvalue weighted by Crippen LogP contribution is -2.67. The molecule has 0 amide bonds. The molecule has 0 heterocycles. The molecule has 0 aromatic heterocycles. The molecular formula is C9H20NO3+. The number of rotatable bonds is 5. The maximum Gasteiger partial charge on any atom is 0.365 e. The number of quaternary nitrogens is 1. The smallest absolute Gasteiger partial charge is 0.365 e. The van der Waals surface area contributed by atoms with Crippen molar-refractivity contribution in [2.24, 2.45) is 5.92 Å². The molecule has 0 bridgehead atoms. The number of aliphatic hydroxyl groups is 1. The van der Waals surface area contributed by atoms with Gasteiger partial charge >= 0.3 is 5.97 Å². The van der Waals surface area contributed by atoms with E-state index in [1.807, 2.05) is 20.8 Å². The number of carbonyl (C=O) groups excluding carboxylic acids is 1. The van der Waals surface area contributed by atoms with Crippen molar-refractivity contribution >= 4 is 5.97 Å². The molecule has 0 saturated carbocycles. The summed E-state index contributed by atoms with van der Waals surface area (Å²) in [5.74, 6) is -0.159. The lowest BCUT2D eigenvalue weighted by atomic mass is 10.1. The van der Waals surface area contributed by atoms with Gasteiger partial charge in [0.1, 0.15) is 6.61 Å². The quantitative estimate of drug-likeness (QED) is 0.577. The summed E-state index contributed by atoms with van der Waals surface area (Å²) in [6.07, 6.45) is 0.0415. The van der Waals surface area contributed by atoms with Crippen LogP contribution >= 0.6 is 0 Å². The molecule has 0 aliphatic carbocycles. The highest BCUT2D eigenvalue weighted by Crippen LogP contribution is 2.00. The van der Waals surface area contributed by atoms with Crippen LogP contribution in [0.5, 0.6) is 0 Å². The van der Waals surface area contributed by atoms with Crippen LogP contribution in [0.25, 0.3) is 0 Å². The fourth-order valence-electron chi connectivity index (χ4n) is 0.675. The third-order valence-electron chi connectivity index (χ3n) is 2.00. The van der Waals surface area contributed by atoms with Gasteiger partial charge in [-0.1, -0.05) is 20.8 Å². The topological polar surface area (TPSA) is 74.2 Å². The molecule has 0 radical (unpaired) electrons. The van der Waals surface area contributed by atoms with E-state index < -0.39 is 6.10 Å². The Hall–Kier alpha value is -0.610. The van der Waals surface area contributed by atoms with Gasteiger partial charge in [0.2, 0.25) is 0 Å². The van der Waals surface area contributed by atoms with Crippen LogP contribution in [0.1, 0.15) is 27.2 Å². The molecule has 0 spiro atoms. The first-order valence-electron chi connectivity index (χ1n) is 4.66. The summed E-state index contributed by atoms with van der Waals surface area (Å²) in [6, 6.07) is -0.343. The molecule has 0 unspecified atom stereocenters. The summed E-state index contributed by atoms with van der Waals surface area (Å²) in [4.78, 5) is 11.2. The average molecular weight is 190 g/mol. The van der Waals surface area contributed by atoms with Crippen molar-refractivity contribution in [1.29, 1.82) is 0 Å². The fourth-order valence-corrected chi connectivity index (χ4v) is 0.675. The van der Waals surface area contributed by atoms with E-state index >= 15 is 0 Å². The number of ether oxygens (including phenoxy) is 1. The summed E-state index contributed by atoms with van der Waals surface area (Å²) in [5.41, 5.74) is 3.69.